The number of benzene rings is 3. The molecule has 4 amide bonds. The Bertz CT molecular complexity index is 2310. The topological polar surface area (TPSA) is 204 Å². The van der Waals surface area contributed by atoms with Gasteiger partial charge < -0.3 is 52.9 Å². The van der Waals surface area contributed by atoms with Crippen molar-refractivity contribution in [2.75, 3.05) is 55.3 Å². The number of carbonyl (C=O) groups is 6. The van der Waals surface area contributed by atoms with E-state index in [9.17, 15) is 28.8 Å². The summed E-state index contributed by atoms with van der Waals surface area (Å²) in [6.45, 7) is 9.61. The standard InChI is InChI=1S/C53H71N3O15/c1-11-38(36-31-43(65-8)49(67-10)44(32-36)66-9)50(61)55-27-13-12-17-39(55)51(62)70-40(20-18-34-19-21-41(63-6)42(29-34)64-7)35-15-14-16-37(30-35)68-33-45(57)54-52(2,3)26-28-69-53(4,5)25-24-48(60)71-56-46(58)22-23-47(56)59/h14-16,19,21,29-32,38-40H,11-13,17-18,20,22-28,33H2,1-10H3,(H,54,57)/t38-,39-,40+/m0/s1. The average molecular weight is 990 g/mol. The largest absolute Gasteiger partial charge is 0.493 e. The van der Waals surface area contributed by atoms with Crippen LogP contribution in [-0.4, -0.2) is 118 Å². The number of carbonyl (C=O) groups excluding carboxylic acids is 6. The highest BCUT2D eigenvalue weighted by atomic mass is 16.7. The Balaban J connectivity index is 1.25. The fourth-order valence-electron chi connectivity index (χ4n) is 8.63. The number of imide groups is 1. The summed E-state index contributed by atoms with van der Waals surface area (Å²) in [6.07, 6.45) is 3.12. The first-order chi connectivity index (χ1) is 33.9. The molecule has 388 valence electrons. The van der Waals surface area contributed by atoms with E-state index in [-0.39, 0.29) is 50.7 Å². The second kappa shape index (κ2) is 25.5. The minimum absolute atomic E-state index is 0.0171. The predicted molar refractivity (Wildman–Crippen MR) is 260 cm³/mol. The van der Waals surface area contributed by atoms with Crippen LogP contribution in [0, 0.1) is 0 Å². The van der Waals surface area contributed by atoms with Crippen LogP contribution >= 0.6 is 0 Å². The highest BCUT2D eigenvalue weighted by Crippen LogP contribution is 2.42. The van der Waals surface area contributed by atoms with Crippen molar-refractivity contribution in [1.82, 2.24) is 15.3 Å². The number of esters is 1. The molecule has 0 aliphatic carbocycles. The Morgan fingerprint density at radius 3 is 2.08 bits per heavy atom. The average Bonchev–Trinajstić information content (AvgIpc) is 3.67. The first-order valence-corrected chi connectivity index (χ1v) is 24.1. The number of piperidine rings is 1. The minimum atomic E-state index is -0.830. The van der Waals surface area contributed by atoms with Crippen molar-refractivity contribution in [3.05, 3.63) is 71.3 Å². The number of ether oxygens (including phenoxy) is 8. The van der Waals surface area contributed by atoms with Crippen LogP contribution in [0.2, 0.25) is 0 Å². The maximum atomic E-state index is 14.5. The highest BCUT2D eigenvalue weighted by molar-refractivity contribution is 6.01. The van der Waals surface area contributed by atoms with E-state index in [2.05, 4.69) is 5.32 Å². The van der Waals surface area contributed by atoms with Crippen LogP contribution in [0.25, 0.3) is 0 Å². The van der Waals surface area contributed by atoms with Gasteiger partial charge in [0.15, 0.2) is 29.6 Å². The summed E-state index contributed by atoms with van der Waals surface area (Å²) < 4.78 is 46.2. The predicted octanol–water partition coefficient (Wildman–Crippen LogP) is 7.37. The lowest BCUT2D eigenvalue weighted by Crippen LogP contribution is -2.50. The Morgan fingerprint density at radius 2 is 1.45 bits per heavy atom. The molecule has 5 rings (SSSR count). The molecule has 3 atom stereocenters. The van der Waals surface area contributed by atoms with Gasteiger partial charge in [0.25, 0.3) is 17.7 Å². The van der Waals surface area contributed by atoms with Gasteiger partial charge in [-0.1, -0.05) is 25.1 Å². The normalized spacial score (nSPS) is 15.9. The van der Waals surface area contributed by atoms with Gasteiger partial charge in [-0.05, 0) is 132 Å². The van der Waals surface area contributed by atoms with Crippen molar-refractivity contribution < 1.29 is 71.5 Å². The zero-order valence-electron chi connectivity index (χ0n) is 42.8. The smallest absolute Gasteiger partial charge is 0.333 e. The number of amides is 4. The Morgan fingerprint density at radius 1 is 0.775 bits per heavy atom. The molecule has 2 saturated heterocycles. The number of aryl methyl sites for hydroxylation is 1. The number of hydrogen-bond donors (Lipinski definition) is 1. The van der Waals surface area contributed by atoms with Gasteiger partial charge in [0, 0.05) is 31.5 Å². The van der Waals surface area contributed by atoms with Crippen LogP contribution in [0.4, 0.5) is 0 Å². The second-order valence-corrected chi connectivity index (χ2v) is 18.8. The summed E-state index contributed by atoms with van der Waals surface area (Å²) in [5, 5.41) is 3.52. The summed E-state index contributed by atoms with van der Waals surface area (Å²) in [5.74, 6) is -0.688. The monoisotopic (exact) mass is 989 g/mol. The summed E-state index contributed by atoms with van der Waals surface area (Å²) in [7, 11) is 7.69. The Labute approximate surface area is 416 Å². The second-order valence-electron chi connectivity index (χ2n) is 18.8. The van der Waals surface area contributed by atoms with Crippen LogP contribution in [0.1, 0.15) is 128 Å². The molecule has 0 aromatic heterocycles. The van der Waals surface area contributed by atoms with Gasteiger partial charge in [-0.3, -0.25) is 19.2 Å². The van der Waals surface area contributed by atoms with Crippen molar-refractivity contribution >= 4 is 35.6 Å². The lowest BCUT2D eigenvalue weighted by molar-refractivity contribution is -0.198. The molecule has 0 radical (unpaired) electrons. The van der Waals surface area contributed by atoms with Crippen molar-refractivity contribution in [2.45, 2.75) is 134 Å². The van der Waals surface area contributed by atoms with E-state index in [0.29, 0.717) is 89.3 Å². The molecule has 3 aromatic carbocycles. The van der Waals surface area contributed by atoms with E-state index in [0.717, 1.165) is 18.4 Å². The lowest BCUT2D eigenvalue weighted by Gasteiger charge is -2.37. The number of hydroxylamine groups is 2. The zero-order chi connectivity index (χ0) is 51.9. The molecule has 0 unspecified atom stereocenters. The molecular weight excluding hydrogens is 919 g/mol. The molecule has 2 aliphatic rings. The third kappa shape index (κ3) is 15.2. The van der Waals surface area contributed by atoms with E-state index in [1.165, 1.54) is 21.3 Å². The zero-order valence-corrected chi connectivity index (χ0v) is 42.8. The fourth-order valence-corrected chi connectivity index (χ4v) is 8.63. The van der Waals surface area contributed by atoms with Crippen molar-refractivity contribution in [3.63, 3.8) is 0 Å². The molecule has 2 aliphatic heterocycles. The summed E-state index contributed by atoms with van der Waals surface area (Å²) in [5.41, 5.74) is 0.795. The van der Waals surface area contributed by atoms with E-state index in [4.69, 9.17) is 42.7 Å². The molecular formula is C53H71N3O15. The molecule has 18 heteroatoms. The van der Waals surface area contributed by atoms with Gasteiger partial charge in [0.05, 0.1) is 53.5 Å². The van der Waals surface area contributed by atoms with Crippen LogP contribution in [0.3, 0.4) is 0 Å². The van der Waals surface area contributed by atoms with E-state index in [1.807, 2.05) is 58.9 Å². The molecule has 2 heterocycles. The maximum absolute atomic E-state index is 14.5. The summed E-state index contributed by atoms with van der Waals surface area (Å²) in [6, 6.07) is 15.4. The third-order valence-electron chi connectivity index (χ3n) is 12.7. The van der Waals surface area contributed by atoms with Crippen LogP contribution in [0.5, 0.6) is 34.5 Å². The molecule has 0 bridgehead atoms. The fraction of sp³-hybridized carbons (Fsp3) is 0.547. The van der Waals surface area contributed by atoms with Gasteiger partial charge in [-0.2, -0.15) is 0 Å². The Hall–Kier alpha value is -6.56. The number of nitrogens with zero attached hydrogens (tertiary/aromatic N) is 2. The van der Waals surface area contributed by atoms with Crippen molar-refractivity contribution in [2.24, 2.45) is 0 Å². The van der Waals surface area contributed by atoms with E-state index >= 15 is 0 Å². The molecule has 0 spiro atoms. The molecule has 0 saturated carbocycles. The van der Waals surface area contributed by atoms with Gasteiger partial charge in [-0.15, -0.1) is 5.06 Å². The van der Waals surface area contributed by atoms with Gasteiger partial charge in [-0.25, -0.2) is 9.59 Å². The molecule has 3 aromatic rings. The minimum Gasteiger partial charge on any atom is -0.493 e. The molecule has 2 fully saturated rings. The van der Waals surface area contributed by atoms with Crippen LogP contribution < -0.4 is 33.7 Å². The molecule has 71 heavy (non-hydrogen) atoms. The Kier molecular flexibility index (Phi) is 19.9. The SMILES string of the molecule is CC[C@H](C(=O)N1CCCC[C@H]1C(=O)O[C@H](CCc1ccc(OC)c(OC)c1)c1cccc(OCC(=O)NC(C)(C)CCOC(C)(C)CCC(=O)ON2C(=O)CCC2=O)c1)c1cc(OC)c(OC)c(OC)c1. The maximum Gasteiger partial charge on any atom is 0.333 e. The van der Waals surface area contributed by atoms with Gasteiger partial charge in [0.2, 0.25) is 11.7 Å². The highest BCUT2D eigenvalue weighted by Gasteiger charge is 2.39. The van der Waals surface area contributed by atoms with Crippen LogP contribution in [0.15, 0.2) is 54.6 Å². The number of nitrogens with one attached hydrogen (secondary N) is 1. The third-order valence-corrected chi connectivity index (χ3v) is 12.7. The quantitative estimate of drug-likeness (QED) is 0.0616. The first-order valence-electron chi connectivity index (χ1n) is 24.1. The lowest BCUT2D eigenvalue weighted by atomic mass is 9.91. The van der Waals surface area contributed by atoms with Crippen molar-refractivity contribution in [1.29, 1.82) is 0 Å². The van der Waals surface area contributed by atoms with Gasteiger partial charge >= 0.3 is 11.9 Å². The molecule has 1 N–H and O–H groups in total. The van der Waals surface area contributed by atoms with E-state index < -0.39 is 53.0 Å². The number of rotatable bonds is 26. The first kappa shape index (κ1) is 55.4. The summed E-state index contributed by atoms with van der Waals surface area (Å²) >= 11 is 0. The number of methoxy groups -OCH3 is 5. The molecule has 18 nitrogen and oxygen atoms in total. The number of likely N-dealkylation sites (tertiary alicyclic amines) is 1. The van der Waals surface area contributed by atoms with Crippen LogP contribution in [-0.2, 0) is 49.5 Å². The van der Waals surface area contributed by atoms with E-state index in [1.54, 1.807) is 49.5 Å². The summed E-state index contributed by atoms with van der Waals surface area (Å²) in [4.78, 5) is 84.8. The number of hydrogen-bond acceptors (Lipinski definition) is 15. The van der Waals surface area contributed by atoms with Gasteiger partial charge in [0.1, 0.15) is 17.9 Å². The van der Waals surface area contributed by atoms with Crippen molar-refractivity contribution in [3.8, 4) is 34.5 Å².